The van der Waals surface area contributed by atoms with Crippen LogP contribution in [0.1, 0.15) is 39.5 Å². The minimum atomic E-state index is 0.632. The third-order valence-corrected chi connectivity index (χ3v) is 5.56. The molecule has 0 saturated heterocycles. The minimum absolute atomic E-state index is 0.632. The summed E-state index contributed by atoms with van der Waals surface area (Å²) in [4.78, 5) is 0. The van der Waals surface area contributed by atoms with E-state index in [0.29, 0.717) is 5.41 Å². The maximum absolute atomic E-state index is 2.56. The molecule has 0 amide bonds. The van der Waals surface area contributed by atoms with Crippen LogP contribution in [0.3, 0.4) is 0 Å². The van der Waals surface area contributed by atoms with Crippen molar-refractivity contribution >= 4 is 0 Å². The molecule has 0 nitrogen and oxygen atoms in total. The van der Waals surface area contributed by atoms with E-state index in [4.69, 9.17) is 0 Å². The predicted octanol–water partition coefficient (Wildman–Crippen LogP) is 4.19. The molecule has 0 heteroatoms. The first-order chi connectivity index (χ1) is 7.22. The standard InChI is InChI=1S/C15H22/c1-11-6-5-9-14-13-8-4-3-7-12(13)10-15(11,14)2/h3-4,7-8,11-14H,5-6,9-10H2,1-2H3. The van der Waals surface area contributed by atoms with Gasteiger partial charge in [0.2, 0.25) is 0 Å². The Morgan fingerprint density at radius 1 is 1.13 bits per heavy atom. The lowest BCUT2D eigenvalue weighted by atomic mass is 9.62. The van der Waals surface area contributed by atoms with Crippen molar-refractivity contribution < 1.29 is 0 Å². The normalized spacial score (nSPS) is 52.7. The Labute approximate surface area is 93.5 Å². The summed E-state index contributed by atoms with van der Waals surface area (Å²) in [7, 11) is 0. The van der Waals surface area contributed by atoms with E-state index in [0.717, 1.165) is 23.7 Å². The second kappa shape index (κ2) is 3.23. The van der Waals surface area contributed by atoms with E-state index >= 15 is 0 Å². The highest BCUT2D eigenvalue weighted by atomic mass is 14.6. The molecule has 0 N–H and O–H groups in total. The number of rotatable bonds is 0. The minimum Gasteiger partial charge on any atom is -0.0808 e. The fourth-order valence-corrected chi connectivity index (χ4v) is 4.47. The van der Waals surface area contributed by atoms with E-state index in [1.165, 1.54) is 25.7 Å². The lowest BCUT2D eigenvalue weighted by molar-refractivity contribution is 0.0695. The van der Waals surface area contributed by atoms with Gasteiger partial charge in [-0.2, -0.15) is 0 Å². The monoisotopic (exact) mass is 202 g/mol. The van der Waals surface area contributed by atoms with Crippen molar-refractivity contribution in [2.45, 2.75) is 39.5 Å². The van der Waals surface area contributed by atoms with Gasteiger partial charge in [-0.25, -0.2) is 0 Å². The summed E-state index contributed by atoms with van der Waals surface area (Å²) in [5.41, 5.74) is 0.632. The molecular formula is C15H22. The van der Waals surface area contributed by atoms with Gasteiger partial charge in [0.25, 0.3) is 0 Å². The van der Waals surface area contributed by atoms with Crippen molar-refractivity contribution in [2.24, 2.45) is 29.1 Å². The summed E-state index contributed by atoms with van der Waals surface area (Å²) in [6.07, 6.45) is 15.3. The number of hydrogen-bond acceptors (Lipinski definition) is 0. The van der Waals surface area contributed by atoms with Gasteiger partial charge >= 0.3 is 0 Å². The van der Waals surface area contributed by atoms with Gasteiger partial charge in [-0.15, -0.1) is 0 Å². The molecule has 15 heavy (non-hydrogen) atoms. The molecule has 0 aliphatic heterocycles. The molecule has 5 unspecified atom stereocenters. The van der Waals surface area contributed by atoms with Gasteiger partial charge in [0.1, 0.15) is 0 Å². The van der Waals surface area contributed by atoms with Crippen LogP contribution in [-0.2, 0) is 0 Å². The van der Waals surface area contributed by atoms with Crippen LogP contribution in [0.5, 0.6) is 0 Å². The molecule has 0 aromatic rings. The first-order valence-corrected chi connectivity index (χ1v) is 6.57. The molecule has 0 radical (unpaired) electrons. The van der Waals surface area contributed by atoms with E-state index in [-0.39, 0.29) is 0 Å². The van der Waals surface area contributed by atoms with Crippen LogP contribution in [0.15, 0.2) is 24.3 Å². The topological polar surface area (TPSA) is 0 Å². The summed E-state index contributed by atoms with van der Waals surface area (Å²) in [5.74, 6) is 3.62. The Morgan fingerprint density at radius 2 is 1.93 bits per heavy atom. The van der Waals surface area contributed by atoms with Crippen molar-refractivity contribution in [3.63, 3.8) is 0 Å². The van der Waals surface area contributed by atoms with Crippen LogP contribution in [0.25, 0.3) is 0 Å². The summed E-state index contributed by atoms with van der Waals surface area (Å²) in [6.45, 7) is 5.04. The SMILES string of the molecule is CC1CCCC2C3C=CC=CC3CC12C. The van der Waals surface area contributed by atoms with Crippen LogP contribution >= 0.6 is 0 Å². The maximum Gasteiger partial charge on any atom is -0.0133 e. The molecule has 3 aliphatic carbocycles. The van der Waals surface area contributed by atoms with Gasteiger partial charge in [-0.1, -0.05) is 51.0 Å². The van der Waals surface area contributed by atoms with Gasteiger partial charge in [-0.05, 0) is 41.9 Å². The van der Waals surface area contributed by atoms with E-state index in [1.807, 2.05) is 0 Å². The van der Waals surface area contributed by atoms with E-state index in [2.05, 4.69) is 38.2 Å². The third kappa shape index (κ3) is 1.26. The molecule has 0 heterocycles. The van der Waals surface area contributed by atoms with Crippen LogP contribution in [0.4, 0.5) is 0 Å². The van der Waals surface area contributed by atoms with Crippen molar-refractivity contribution in [1.82, 2.24) is 0 Å². The van der Waals surface area contributed by atoms with Gasteiger partial charge in [-0.3, -0.25) is 0 Å². The molecule has 2 fully saturated rings. The molecule has 5 atom stereocenters. The molecule has 0 aromatic carbocycles. The van der Waals surface area contributed by atoms with Crippen LogP contribution in [0, 0.1) is 29.1 Å². The summed E-state index contributed by atoms with van der Waals surface area (Å²) < 4.78 is 0. The number of fused-ring (bicyclic) bond motifs is 3. The second-order valence-corrected chi connectivity index (χ2v) is 6.16. The quantitative estimate of drug-likeness (QED) is 0.552. The van der Waals surface area contributed by atoms with Crippen molar-refractivity contribution in [2.75, 3.05) is 0 Å². The smallest absolute Gasteiger partial charge is 0.0133 e. The highest BCUT2D eigenvalue weighted by Crippen LogP contribution is 2.60. The van der Waals surface area contributed by atoms with Crippen LogP contribution < -0.4 is 0 Å². The highest BCUT2D eigenvalue weighted by Gasteiger charge is 2.52. The third-order valence-electron chi connectivity index (χ3n) is 5.56. The van der Waals surface area contributed by atoms with Gasteiger partial charge < -0.3 is 0 Å². The molecule has 0 bridgehead atoms. The van der Waals surface area contributed by atoms with E-state index in [9.17, 15) is 0 Å². The molecule has 3 aliphatic rings. The predicted molar refractivity (Wildman–Crippen MR) is 64.5 cm³/mol. The van der Waals surface area contributed by atoms with Crippen LogP contribution in [0.2, 0.25) is 0 Å². The molecule has 0 spiro atoms. The Morgan fingerprint density at radius 3 is 2.80 bits per heavy atom. The lowest BCUT2D eigenvalue weighted by Gasteiger charge is -2.43. The van der Waals surface area contributed by atoms with Gasteiger partial charge in [0.15, 0.2) is 0 Å². The van der Waals surface area contributed by atoms with Crippen LogP contribution in [-0.4, -0.2) is 0 Å². The number of hydrogen-bond donors (Lipinski definition) is 0. The zero-order chi connectivity index (χ0) is 10.5. The second-order valence-electron chi connectivity index (χ2n) is 6.16. The summed E-state index contributed by atoms with van der Waals surface area (Å²) >= 11 is 0. The molecular weight excluding hydrogens is 180 g/mol. The zero-order valence-corrected chi connectivity index (χ0v) is 9.95. The highest BCUT2D eigenvalue weighted by molar-refractivity contribution is 5.21. The molecule has 3 rings (SSSR count). The maximum atomic E-state index is 2.56. The Balaban J connectivity index is 1.95. The average molecular weight is 202 g/mol. The molecule has 0 aromatic heterocycles. The van der Waals surface area contributed by atoms with Crippen molar-refractivity contribution in [3.05, 3.63) is 24.3 Å². The number of allylic oxidation sites excluding steroid dienone is 4. The molecule has 82 valence electrons. The largest absolute Gasteiger partial charge is 0.0808 e. The van der Waals surface area contributed by atoms with E-state index in [1.54, 1.807) is 0 Å². The van der Waals surface area contributed by atoms with Gasteiger partial charge in [0.05, 0.1) is 0 Å². The Bertz CT molecular complexity index is 312. The molecule has 2 saturated carbocycles. The summed E-state index contributed by atoms with van der Waals surface area (Å²) in [5, 5.41) is 0. The van der Waals surface area contributed by atoms with Crippen molar-refractivity contribution in [3.8, 4) is 0 Å². The fraction of sp³-hybridized carbons (Fsp3) is 0.733. The van der Waals surface area contributed by atoms with Gasteiger partial charge in [0, 0.05) is 0 Å². The van der Waals surface area contributed by atoms with E-state index < -0.39 is 0 Å². The lowest BCUT2D eigenvalue weighted by Crippen LogP contribution is -2.35. The first kappa shape index (κ1) is 9.69. The zero-order valence-electron chi connectivity index (χ0n) is 9.95. The Kier molecular flexibility index (Phi) is 2.09. The van der Waals surface area contributed by atoms with Crippen molar-refractivity contribution in [1.29, 1.82) is 0 Å². The average Bonchev–Trinajstić information content (AvgIpc) is 2.53. The first-order valence-electron chi connectivity index (χ1n) is 6.57. The summed E-state index contributed by atoms with van der Waals surface area (Å²) in [6, 6.07) is 0. The Hall–Kier alpha value is -0.520. The fourth-order valence-electron chi connectivity index (χ4n) is 4.47.